The lowest BCUT2D eigenvalue weighted by Crippen LogP contribution is -2.25. The highest BCUT2D eigenvalue weighted by molar-refractivity contribution is 6.44. The van der Waals surface area contributed by atoms with Crippen molar-refractivity contribution in [3.05, 3.63) is 39.4 Å². The third-order valence-corrected chi connectivity index (χ3v) is 4.21. The Hall–Kier alpha value is -1.19. The molecule has 0 saturated carbocycles. The van der Waals surface area contributed by atoms with E-state index in [9.17, 15) is 4.79 Å². The molecule has 0 saturated heterocycles. The van der Waals surface area contributed by atoms with Crippen molar-refractivity contribution in [2.45, 2.75) is 32.1 Å². The molecule has 0 aliphatic heterocycles. The number of allylic oxidation sites excluding steroid dienone is 1. The fraction of sp³-hybridized carbons (Fsp3) is 0.400. The molecule has 5 heteroatoms. The molecule has 0 fully saturated rings. The number of nitrogens with one attached hydrogen (secondary N) is 1. The minimum Gasteiger partial charge on any atom is -0.399 e. The lowest BCUT2D eigenvalue weighted by molar-refractivity contribution is 0.0954. The van der Waals surface area contributed by atoms with E-state index in [2.05, 4.69) is 11.4 Å². The van der Waals surface area contributed by atoms with Gasteiger partial charge in [-0.2, -0.15) is 0 Å². The molecule has 1 aliphatic rings. The Kier molecular flexibility index (Phi) is 5.32. The van der Waals surface area contributed by atoms with Crippen molar-refractivity contribution in [3.8, 4) is 0 Å². The molecule has 3 N–H and O–H groups in total. The molecule has 108 valence electrons. The zero-order valence-electron chi connectivity index (χ0n) is 11.2. The van der Waals surface area contributed by atoms with E-state index in [1.807, 2.05) is 0 Å². The van der Waals surface area contributed by atoms with Crippen molar-refractivity contribution in [2.75, 3.05) is 12.3 Å². The Morgan fingerprint density at radius 2 is 2.10 bits per heavy atom. The summed E-state index contributed by atoms with van der Waals surface area (Å²) in [6.07, 6.45) is 7.98. The minimum atomic E-state index is -0.236. The molecule has 1 aliphatic carbocycles. The van der Waals surface area contributed by atoms with Crippen LogP contribution < -0.4 is 11.1 Å². The second-order valence-electron chi connectivity index (χ2n) is 4.98. The van der Waals surface area contributed by atoms with Gasteiger partial charge in [-0.05, 0) is 44.2 Å². The van der Waals surface area contributed by atoms with Crippen molar-refractivity contribution < 1.29 is 4.79 Å². The van der Waals surface area contributed by atoms with Gasteiger partial charge in [-0.25, -0.2) is 0 Å². The molecule has 2 rings (SSSR count). The number of nitrogen functional groups attached to an aromatic ring is 1. The summed E-state index contributed by atoms with van der Waals surface area (Å²) in [7, 11) is 0. The second-order valence-corrected chi connectivity index (χ2v) is 5.76. The van der Waals surface area contributed by atoms with E-state index in [-0.39, 0.29) is 10.9 Å². The molecule has 0 atom stereocenters. The van der Waals surface area contributed by atoms with Crippen molar-refractivity contribution in [1.82, 2.24) is 5.32 Å². The Morgan fingerprint density at radius 1 is 1.30 bits per heavy atom. The van der Waals surface area contributed by atoms with Crippen molar-refractivity contribution >= 4 is 34.8 Å². The van der Waals surface area contributed by atoms with Crippen molar-refractivity contribution in [1.29, 1.82) is 0 Å². The minimum absolute atomic E-state index is 0.236. The molecule has 1 aromatic carbocycles. The zero-order valence-corrected chi connectivity index (χ0v) is 12.7. The largest absolute Gasteiger partial charge is 0.399 e. The van der Waals surface area contributed by atoms with Gasteiger partial charge in [0.25, 0.3) is 5.91 Å². The molecule has 0 heterocycles. The summed E-state index contributed by atoms with van der Waals surface area (Å²) in [5.41, 5.74) is 7.86. The normalized spacial score (nSPS) is 14.8. The fourth-order valence-corrected chi connectivity index (χ4v) is 2.76. The van der Waals surface area contributed by atoms with Crippen LogP contribution in [0.25, 0.3) is 0 Å². The van der Waals surface area contributed by atoms with E-state index in [1.54, 1.807) is 6.07 Å². The van der Waals surface area contributed by atoms with E-state index in [1.165, 1.54) is 24.5 Å². The smallest absolute Gasteiger partial charge is 0.252 e. The predicted octanol–water partition coefficient (Wildman–Crippen LogP) is 4.20. The third kappa shape index (κ3) is 3.90. The number of hydrogen-bond donors (Lipinski definition) is 2. The van der Waals surface area contributed by atoms with E-state index in [0.29, 0.717) is 22.8 Å². The van der Waals surface area contributed by atoms with E-state index >= 15 is 0 Å². The van der Waals surface area contributed by atoms with Crippen LogP contribution >= 0.6 is 23.2 Å². The van der Waals surface area contributed by atoms with Gasteiger partial charge in [0.05, 0.1) is 15.6 Å². The number of amides is 1. The Labute approximate surface area is 129 Å². The molecule has 20 heavy (non-hydrogen) atoms. The van der Waals surface area contributed by atoms with Gasteiger partial charge < -0.3 is 11.1 Å². The number of hydrogen-bond acceptors (Lipinski definition) is 2. The Balaban J connectivity index is 1.93. The van der Waals surface area contributed by atoms with Crippen LogP contribution in [0.1, 0.15) is 42.5 Å². The lowest BCUT2D eigenvalue weighted by atomic mass is 9.97. The molecular formula is C15H18Cl2N2O. The number of carbonyl (C=O) groups is 1. The zero-order chi connectivity index (χ0) is 14.5. The summed E-state index contributed by atoms with van der Waals surface area (Å²) in [6.45, 7) is 0.605. The molecule has 0 unspecified atom stereocenters. The van der Waals surface area contributed by atoms with Crippen LogP contribution in [-0.4, -0.2) is 12.5 Å². The van der Waals surface area contributed by atoms with E-state index in [4.69, 9.17) is 28.9 Å². The summed E-state index contributed by atoms with van der Waals surface area (Å²) >= 11 is 11.9. The third-order valence-electron chi connectivity index (χ3n) is 3.41. The predicted molar refractivity (Wildman–Crippen MR) is 84.4 cm³/mol. The number of nitrogens with two attached hydrogens (primary N) is 1. The fourth-order valence-electron chi connectivity index (χ4n) is 2.34. The monoisotopic (exact) mass is 312 g/mol. The summed E-state index contributed by atoms with van der Waals surface area (Å²) < 4.78 is 0. The Bertz CT molecular complexity index is 541. The molecule has 3 nitrogen and oxygen atoms in total. The van der Waals surface area contributed by atoms with Crippen LogP contribution in [0.15, 0.2) is 23.8 Å². The average Bonchev–Trinajstić information content (AvgIpc) is 2.44. The van der Waals surface area contributed by atoms with Gasteiger partial charge in [0.15, 0.2) is 0 Å². The number of rotatable bonds is 4. The first kappa shape index (κ1) is 15.2. The highest BCUT2D eigenvalue weighted by Gasteiger charge is 2.14. The van der Waals surface area contributed by atoms with Gasteiger partial charge in [-0.3, -0.25) is 4.79 Å². The highest BCUT2D eigenvalue weighted by atomic mass is 35.5. The lowest BCUT2D eigenvalue weighted by Gasteiger charge is -2.13. The van der Waals surface area contributed by atoms with Gasteiger partial charge in [0, 0.05) is 12.2 Å². The van der Waals surface area contributed by atoms with Crippen LogP contribution in [-0.2, 0) is 0 Å². The standard InChI is InChI=1S/C15H18Cl2N2O/c16-13-9-11(18)8-12(14(13)17)15(20)19-7-6-10-4-2-1-3-5-10/h4,8-9H,1-3,5-7,18H2,(H,19,20). The van der Waals surface area contributed by atoms with Gasteiger partial charge in [-0.15, -0.1) is 0 Å². The number of carbonyl (C=O) groups excluding carboxylic acids is 1. The maximum Gasteiger partial charge on any atom is 0.252 e. The number of benzene rings is 1. The van der Waals surface area contributed by atoms with Crippen LogP contribution in [0.3, 0.4) is 0 Å². The first-order valence-electron chi connectivity index (χ1n) is 6.78. The van der Waals surface area contributed by atoms with Crippen molar-refractivity contribution in [3.63, 3.8) is 0 Å². The van der Waals surface area contributed by atoms with Gasteiger partial charge in [-0.1, -0.05) is 34.9 Å². The molecule has 0 bridgehead atoms. The topological polar surface area (TPSA) is 55.1 Å². The van der Waals surface area contributed by atoms with Crippen LogP contribution in [0.2, 0.25) is 10.0 Å². The van der Waals surface area contributed by atoms with E-state index in [0.717, 1.165) is 19.3 Å². The summed E-state index contributed by atoms with van der Waals surface area (Å²) in [6, 6.07) is 3.08. The molecule has 1 amide bonds. The molecule has 0 radical (unpaired) electrons. The second kappa shape index (κ2) is 7.00. The summed E-state index contributed by atoms with van der Waals surface area (Å²) in [5, 5.41) is 3.41. The highest BCUT2D eigenvalue weighted by Crippen LogP contribution is 2.28. The molecule has 0 spiro atoms. The van der Waals surface area contributed by atoms with E-state index < -0.39 is 0 Å². The SMILES string of the molecule is Nc1cc(Cl)c(Cl)c(C(=O)NCCC2=CCCCC2)c1. The Morgan fingerprint density at radius 3 is 2.80 bits per heavy atom. The number of halogens is 2. The maximum atomic E-state index is 12.1. The molecular weight excluding hydrogens is 295 g/mol. The van der Waals surface area contributed by atoms with Crippen LogP contribution in [0, 0.1) is 0 Å². The van der Waals surface area contributed by atoms with Crippen LogP contribution in [0.5, 0.6) is 0 Å². The summed E-state index contributed by atoms with van der Waals surface area (Å²) in [5.74, 6) is -0.236. The first-order valence-corrected chi connectivity index (χ1v) is 7.54. The average molecular weight is 313 g/mol. The molecule has 1 aromatic rings. The quantitative estimate of drug-likeness (QED) is 0.646. The van der Waals surface area contributed by atoms with Crippen LogP contribution in [0.4, 0.5) is 5.69 Å². The van der Waals surface area contributed by atoms with Gasteiger partial charge in [0.2, 0.25) is 0 Å². The van der Waals surface area contributed by atoms with Gasteiger partial charge >= 0.3 is 0 Å². The summed E-state index contributed by atoms with van der Waals surface area (Å²) in [4.78, 5) is 12.1. The maximum absolute atomic E-state index is 12.1. The first-order chi connectivity index (χ1) is 9.58. The van der Waals surface area contributed by atoms with Gasteiger partial charge in [0.1, 0.15) is 0 Å². The van der Waals surface area contributed by atoms with Crippen molar-refractivity contribution in [2.24, 2.45) is 0 Å². The number of anilines is 1. The molecule has 0 aromatic heterocycles.